The molecule has 1 heterocycles. The lowest BCUT2D eigenvalue weighted by Gasteiger charge is -2.20. The van der Waals surface area contributed by atoms with Crippen molar-refractivity contribution >= 4 is 28.3 Å². The number of carboxylic acids is 1. The summed E-state index contributed by atoms with van der Waals surface area (Å²) in [6, 6.07) is -0.366. The van der Waals surface area contributed by atoms with Gasteiger partial charge in [0.1, 0.15) is 5.00 Å². The van der Waals surface area contributed by atoms with Crippen LogP contribution >= 0.6 is 11.3 Å². The molecule has 2 rings (SSSR count). The van der Waals surface area contributed by atoms with Crippen LogP contribution in [0.1, 0.15) is 48.0 Å². The van der Waals surface area contributed by atoms with Gasteiger partial charge in [0, 0.05) is 10.4 Å². The molecule has 3 N–H and O–H groups in total. The van der Waals surface area contributed by atoms with Gasteiger partial charge in [0.25, 0.3) is 0 Å². The van der Waals surface area contributed by atoms with Gasteiger partial charge in [0.2, 0.25) is 0 Å². The highest BCUT2D eigenvalue weighted by Gasteiger charge is 2.27. The smallest absolute Gasteiger partial charge is 0.339 e. The SMILES string of the molecule is CC(C)(C)NC(=O)Nc1sc2c(c1C(=O)O)CCC2. The van der Waals surface area contributed by atoms with Gasteiger partial charge in [0.15, 0.2) is 0 Å². The molecule has 19 heavy (non-hydrogen) atoms. The molecule has 0 spiro atoms. The molecule has 1 aromatic rings. The summed E-state index contributed by atoms with van der Waals surface area (Å²) in [5, 5.41) is 15.2. The van der Waals surface area contributed by atoms with Gasteiger partial charge in [-0.3, -0.25) is 5.32 Å². The van der Waals surface area contributed by atoms with E-state index in [2.05, 4.69) is 10.6 Å². The molecule has 0 fully saturated rings. The first-order valence-corrected chi connectivity index (χ1v) is 7.06. The van der Waals surface area contributed by atoms with E-state index < -0.39 is 5.97 Å². The predicted molar refractivity (Wildman–Crippen MR) is 75.2 cm³/mol. The zero-order valence-electron chi connectivity index (χ0n) is 11.3. The van der Waals surface area contributed by atoms with Gasteiger partial charge in [0.05, 0.1) is 5.56 Å². The average Bonchev–Trinajstić information content (AvgIpc) is 2.72. The van der Waals surface area contributed by atoms with Crippen molar-refractivity contribution in [3.05, 3.63) is 16.0 Å². The molecule has 5 nitrogen and oxygen atoms in total. The number of thiophene rings is 1. The Kier molecular flexibility index (Phi) is 3.54. The van der Waals surface area contributed by atoms with Crippen molar-refractivity contribution < 1.29 is 14.7 Å². The van der Waals surface area contributed by atoms with Crippen LogP contribution in [0.2, 0.25) is 0 Å². The van der Waals surface area contributed by atoms with Crippen molar-refractivity contribution in [3.8, 4) is 0 Å². The van der Waals surface area contributed by atoms with E-state index in [0.717, 1.165) is 29.7 Å². The summed E-state index contributed by atoms with van der Waals surface area (Å²) in [6.45, 7) is 5.62. The highest BCUT2D eigenvalue weighted by molar-refractivity contribution is 7.17. The minimum absolute atomic E-state index is 0.265. The van der Waals surface area contributed by atoms with E-state index in [1.54, 1.807) is 0 Å². The molecule has 6 heteroatoms. The quantitative estimate of drug-likeness (QED) is 0.780. The average molecular weight is 282 g/mol. The summed E-state index contributed by atoms with van der Waals surface area (Å²) in [4.78, 5) is 24.3. The fourth-order valence-corrected chi connectivity index (χ4v) is 3.47. The van der Waals surface area contributed by atoms with Crippen LogP contribution in [-0.2, 0) is 12.8 Å². The molecule has 0 bridgehead atoms. The second-order valence-electron chi connectivity index (χ2n) is 5.70. The number of carbonyl (C=O) groups is 2. The van der Waals surface area contributed by atoms with Crippen LogP contribution in [0, 0.1) is 0 Å². The summed E-state index contributed by atoms with van der Waals surface area (Å²) >= 11 is 1.38. The molecule has 1 aliphatic rings. The van der Waals surface area contributed by atoms with Crippen LogP contribution in [0.4, 0.5) is 9.80 Å². The Morgan fingerprint density at radius 3 is 2.53 bits per heavy atom. The topological polar surface area (TPSA) is 78.4 Å². The summed E-state index contributed by atoms with van der Waals surface area (Å²) < 4.78 is 0. The van der Waals surface area contributed by atoms with Crippen LogP contribution in [-0.4, -0.2) is 22.6 Å². The molecule has 0 saturated carbocycles. The molecule has 1 aromatic heterocycles. The van der Waals surface area contributed by atoms with E-state index in [9.17, 15) is 14.7 Å². The maximum absolute atomic E-state index is 11.8. The van der Waals surface area contributed by atoms with Gasteiger partial charge < -0.3 is 10.4 Å². The molecule has 104 valence electrons. The third kappa shape index (κ3) is 3.07. The Labute approximate surface area is 116 Å². The van der Waals surface area contributed by atoms with Crippen molar-refractivity contribution in [1.29, 1.82) is 0 Å². The van der Waals surface area contributed by atoms with Gasteiger partial charge in [-0.15, -0.1) is 11.3 Å². The summed E-state index contributed by atoms with van der Waals surface area (Å²) in [7, 11) is 0. The monoisotopic (exact) mass is 282 g/mol. The Hall–Kier alpha value is -1.56. The third-order valence-electron chi connectivity index (χ3n) is 2.85. The molecular weight excluding hydrogens is 264 g/mol. The highest BCUT2D eigenvalue weighted by Crippen LogP contribution is 2.39. The number of aromatic carboxylic acids is 1. The van der Waals surface area contributed by atoms with Crippen molar-refractivity contribution in [2.45, 2.75) is 45.6 Å². The van der Waals surface area contributed by atoms with E-state index in [4.69, 9.17) is 0 Å². The Morgan fingerprint density at radius 2 is 1.95 bits per heavy atom. The van der Waals surface area contributed by atoms with Crippen molar-refractivity contribution in [2.75, 3.05) is 5.32 Å². The summed E-state index contributed by atoms with van der Waals surface area (Å²) in [5.41, 5.74) is 0.804. The fraction of sp³-hybridized carbons (Fsp3) is 0.538. The first-order valence-electron chi connectivity index (χ1n) is 6.25. The first-order chi connectivity index (χ1) is 8.78. The number of fused-ring (bicyclic) bond motifs is 1. The highest BCUT2D eigenvalue weighted by atomic mass is 32.1. The molecule has 0 aromatic carbocycles. The summed E-state index contributed by atoms with van der Waals surface area (Å²) in [5.74, 6) is -0.967. The third-order valence-corrected chi connectivity index (χ3v) is 4.06. The summed E-state index contributed by atoms with van der Waals surface area (Å²) in [6.07, 6.45) is 2.69. The van der Waals surface area contributed by atoms with Gasteiger partial charge in [-0.25, -0.2) is 9.59 Å². The number of rotatable bonds is 2. The normalized spacial score (nSPS) is 14.1. The number of urea groups is 1. The van der Waals surface area contributed by atoms with Crippen LogP contribution in [0.5, 0.6) is 0 Å². The maximum atomic E-state index is 11.8. The van der Waals surface area contributed by atoms with E-state index in [-0.39, 0.29) is 17.1 Å². The minimum atomic E-state index is -0.967. The molecule has 0 radical (unpaired) electrons. The van der Waals surface area contributed by atoms with Crippen LogP contribution < -0.4 is 10.6 Å². The molecule has 0 unspecified atom stereocenters. The molecule has 0 aliphatic heterocycles. The maximum Gasteiger partial charge on any atom is 0.339 e. The van der Waals surface area contributed by atoms with Crippen molar-refractivity contribution in [2.24, 2.45) is 0 Å². The van der Waals surface area contributed by atoms with Gasteiger partial charge in [-0.1, -0.05) is 0 Å². The molecular formula is C13H18N2O3S. The number of nitrogens with one attached hydrogen (secondary N) is 2. The standard InChI is InChI=1S/C13H18N2O3S/c1-13(2,3)15-12(18)14-10-9(11(16)17)7-5-4-6-8(7)19-10/h4-6H2,1-3H3,(H,16,17)(H2,14,15,18). The van der Waals surface area contributed by atoms with E-state index in [1.807, 2.05) is 20.8 Å². The number of anilines is 1. The lowest BCUT2D eigenvalue weighted by Crippen LogP contribution is -2.43. The number of amides is 2. The second-order valence-corrected chi connectivity index (χ2v) is 6.80. The number of carbonyl (C=O) groups excluding carboxylic acids is 1. The Balaban J connectivity index is 2.22. The zero-order chi connectivity index (χ0) is 14.2. The lowest BCUT2D eigenvalue weighted by atomic mass is 10.1. The number of carboxylic acid groups (broad SMARTS) is 1. The van der Waals surface area contributed by atoms with Crippen LogP contribution in [0.3, 0.4) is 0 Å². The van der Waals surface area contributed by atoms with E-state index in [0.29, 0.717) is 5.00 Å². The lowest BCUT2D eigenvalue weighted by molar-refractivity contribution is 0.0697. The second kappa shape index (κ2) is 4.85. The van der Waals surface area contributed by atoms with Gasteiger partial charge in [-0.2, -0.15) is 0 Å². The van der Waals surface area contributed by atoms with E-state index in [1.165, 1.54) is 11.3 Å². The zero-order valence-corrected chi connectivity index (χ0v) is 12.1. The number of aryl methyl sites for hydroxylation is 1. The van der Waals surface area contributed by atoms with Gasteiger partial charge >= 0.3 is 12.0 Å². The molecule has 0 saturated heterocycles. The van der Waals surface area contributed by atoms with Crippen molar-refractivity contribution in [3.63, 3.8) is 0 Å². The minimum Gasteiger partial charge on any atom is -0.478 e. The van der Waals surface area contributed by atoms with Crippen LogP contribution in [0.15, 0.2) is 0 Å². The van der Waals surface area contributed by atoms with E-state index >= 15 is 0 Å². The molecule has 2 amide bonds. The number of hydrogen-bond acceptors (Lipinski definition) is 3. The largest absolute Gasteiger partial charge is 0.478 e. The Bertz CT molecular complexity index is 529. The van der Waals surface area contributed by atoms with Gasteiger partial charge in [-0.05, 0) is 45.6 Å². The van der Waals surface area contributed by atoms with Crippen LogP contribution in [0.25, 0.3) is 0 Å². The predicted octanol–water partition coefficient (Wildman–Crippen LogP) is 2.86. The number of hydrogen-bond donors (Lipinski definition) is 3. The Morgan fingerprint density at radius 1 is 1.26 bits per heavy atom. The molecule has 1 aliphatic carbocycles. The first kappa shape index (κ1) is 13.9. The molecule has 0 atom stereocenters. The fourth-order valence-electron chi connectivity index (χ4n) is 2.19. The van der Waals surface area contributed by atoms with Crippen molar-refractivity contribution in [1.82, 2.24) is 5.32 Å².